The number of Topliss-reactive ketones (excluding diaryl/α,β-unsaturated/α-hetero) is 1. The van der Waals surface area contributed by atoms with Crippen molar-refractivity contribution < 1.29 is 24.1 Å². The summed E-state index contributed by atoms with van der Waals surface area (Å²) in [6, 6.07) is -2.19. The second-order valence-electron chi connectivity index (χ2n) is 9.29. The minimum Gasteiger partial charge on any atom is -0.481 e. The van der Waals surface area contributed by atoms with E-state index in [1.54, 1.807) is 20.9 Å². The number of nitrogens with zero attached hydrogens (tertiary/aromatic N) is 5. The monoisotopic (exact) mass is 533 g/mol. The topological polar surface area (TPSA) is 173 Å². The number of amides is 1. The van der Waals surface area contributed by atoms with Crippen molar-refractivity contribution in [2.24, 2.45) is 0 Å². The number of carbonyl (C=O) groups is 3. The summed E-state index contributed by atoms with van der Waals surface area (Å²) in [6.07, 6.45) is 4.69. The van der Waals surface area contributed by atoms with E-state index in [-0.39, 0.29) is 25.3 Å². The summed E-state index contributed by atoms with van der Waals surface area (Å²) in [4.78, 5) is 57.2. The van der Waals surface area contributed by atoms with Gasteiger partial charge in [0.25, 0.3) is 5.56 Å². The van der Waals surface area contributed by atoms with Crippen LogP contribution in [0.25, 0.3) is 0 Å². The summed E-state index contributed by atoms with van der Waals surface area (Å²) >= 11 is 0. The number of anilines is 1. The molecule has 2 unspecified atom stereocenters. The molecule has 3 N–H and O–H groups in total. The van der Waals surface area contributed by atoms with Crippen molar-refractivity contribution in [2.45, 2.75) is 84.8 Å². The molecule has 2 atom stereocenters. The molecule has 0 saturated heterocycles. The first-order valence-corrected chi connectivity index (χ1v) is 13.0. The van der Waals surface area contributed by atoms with Gasteiger partial charge in [0.1, 0.15) is 17.4 Å². The number of aliphatic carboxylic acids is 1. The minimum atomic E-state index is -1.22. The minimum absolute atomic E-state index is 0.0122. The Hall–Kier alpha value is -3.61. The van der Waals surface area contributed by atoms with Gasteiger partial charge in [0.15, 0.2) is 11.6 Å². The normalized spacial score (nSPS) is 12.8. The van der Waals surface area contributed by atoms with Crippen LogP contribution in [0, 0.1) is 6.92 Å². The van der Waals surface area contributed by atoms with Crippen LogP contribution >= 0.6 is 0 Å². The van der Waals surface area contributed by atoms with Crippen molar-refractivity contribution in [1.82, 2.24) is 30.1 Å². The number of aryl methyl sites for hydroxylation is 2. The SMILES string of the molecule is CCCCCN(C)CC(=O)C(CC(=O)O)NC(=O)C(CC)n1cc(CC)nc(NCc2nonc2C)c1=O. The van der Waals surface area contributed by atoms with E-state index >= 15 is 0 Å². The second kappa shape index (κ2) is 15.0. The summed E-state index contributed by atoms with van der Waals surface area (Å²) in [5, 5.41) is 22.4. The van der Waals surface area contributed by atoms with Crippen LogP contribution in [-0.4, -0.2) is 73.7 Å². The van der Waals surface area contributed by atoms with E-state index in [0.717, 1.165) is 19.3 Å². The first kappa shape index (κ1) is 30.6. The molecule has 0 aromatic carbocycles. The van der Waals surface area contributed by atoms with Crippen molar-refractivity contribution >= 4 is 23.5 Å². The van der Waals surface area contributed by atoms with Gasteiger partial charge in [0.05, 0.1) is 31.2 Å². The van der Waals surface area contributed by atoms with Gasteiger partial charge >= 0.3 is 5.97 Å². The number of carboxylic acid groups (broad SMARTS) is 1. The number of ketones is 1. The second-order valence-corrected chi connectivity index (χ2v) is 9.29. The van der Waals surface area contributed by atoms with E-state index in [0.29, 0.717) is 30.0 Å². The third-order valence-corrected chi connectivity index (χ3v) is 6.19. The number of likely N-dealkylation sites (N-methyl/N-ethyl adjacent to an activating group) is 1. The highest BCUT2D eigenvalue weighted by atomic mass is 16.6. The van der Waals surface area contributed by atoms with Crippen LogP contribution in [0.3, 0.4) is 0 Å². The number of hydrogen-bond acceptors (Lipinski definition) is 10. The van der Waals surface area contributed by atoms with Crippen molar-refractivity contribution in [1.29, 1.82) is 0 Å². The van der Waals surface area contributed by atoms with Gasteiger partial charge in [-0.2, -0.15) is 0 Å². The molecule has 38 heavy (non-hydrogen) atoms. The third kappa shape index (κ3) is 8.75. The molecule has 0 fully saturated rings. The van der Waals surface area contributed by atoms with Gasteiger partial charge in [-0.25, -0.2) is 9.61 Å². The van der Waals surface area contributed by atoms with Crippen molar-refractivity contribution in [3.8, 4) is 0 Å². The molecule has 210 valence electrons. The molecule has 2 heterocycles. The van der Waals surface area contributed by atoms with Gasteiger partial charge in [-0.3, -0.25) is 28.6 Å². The first-order chi connectivity index (χ1) is 18.1. The van der Waals surface area contributed by atoms with E-state index in [1.807, 2.05) is 11.8 Å². The molecule has 2 rings (SSSR count). The number of unbranched alkanes of at least 4 members (excludes halogenated alkanes) is 2. The fraction of sp³-hybridized carbons (Fsp3) is 0.640. The Kier molecular flexibility index (Phi) is 12.1. The van der Waals surface area contributed by atoms with Crippen LogP contribution in [0.4, 0.5) is 5.82 Å². The standard InChI is InChI=1S/C25H39N7O6/c1-6-9-10-11-31(5)15-21(33)18(12-22(34)35)28-24(36)20(8-3)32-14-17(7-2)27-23(25(32)37)26-13-19-16(4)29-38-30-19/h14,18,20H,6-13,15H2,1-5H3,(H,26,27)(H,28,36)(H,34,35). The van der Waals surface area contributed by atoms with Gasteiger partial charge in [0, 0.05) is 6.20 Å². The fourth-order valence-corrected chi connectivity index (χ4v) is 3.94. The van der Waals surface area contributed by atoms with E-state index < -0.39 is 41.7 Å². The molecule has 0 radical (unpaired) electrons. The van der Waals surface area contributed by atoms with Gasteiger partial charge < -0.3 is 15.7 Å². The molecular formula is C25H39N7O6. The predicted molar refractivity (Wildman–Crippen MR) is 140 cm³/mol. The quantitative estimate of drug-likeness (QED) is 0.253. The van der Waals surface area contributed by atoms with Crippen LogP contribution in [0.15, 0.2) is 15.6 Å². The van der Waals surface area contributed by atoms with Crippen molar-refractivity contribution in [2.75, 3.05) is 25.5 Å². The maximum absolute atomic E-state index is 13.3. The van der Waals surface area contributed by atoms with Gasteiger partial charge in [-0.1, -0.05) is 43.9 Å². The Morgan fingerprint density at radius 2 is 1.92 bits per heavy atom. The Balaban J connectivity index is 2.25. The highest BCUT2D eigenvalue weighted by Crippen LogP contribution is 2.14. The number of hydrogen-bond donors (Lipinski definition) is 3. The van der Waals surface area contributed by atoms with E-state index in [9.17, 15) is 24.3 Å². The van der Waals surface area contributed by atoms with E-state index in [4.69, 9.17) is 0 Å². The molecule has 13 heteroatoms. The Morgan fingerprint density at radius 1 is 1.18 bits per heavy atom. The van der Waals surface area contributed by atoms with Crippen LogP contribution in [0.5, 0.6) is 0 Å². The van der Waals surface area contributed by atoms with Gasteiger partial charge in [-0.15, -0.1) is 0 Å². The summed E-state index contributed by atoms with van der Waals surface area (Å²) in [7, 11) is 1.79. The molecule has 0 saturated carbocycles. The Morgan fingerprint density at radius 3 is 2.50 bits per heavy atom. The van der Waals surface area contributed by atoms with Crippen LogP contribution < -0.4 is 16.2 Å². The molecule has 2 aromatic heterocycles. The number of carboxylic acids is 1. The zero-order valence-electron chi connectivity index (χ0n) is 22.8. The van der Waals surface area contributed by atoms with Crippen LogP contribution in [-0.2, 0) is 27.3 Å². The van der Waals surface area contributed by atoms with E-state index in [1.165, 1.54) is 10.8 Å². The lowest BCUT2D eigenvalue weighted by molar-refractivity contribution is -0.140. The third-order valence-electron chi connectivity index (χ3n) is 6.19. The number of carbonyl (C=O) groups excluding carboxylic acids is 2. The smallest absolute Gasteiger partial charge is 0.305 e. The molecule has 0 aliphatic rings. The zero-order chi connectivity index (χ0) is 28.2. The summed E-state index contributed by atoms with van der Waals surface area (Å²) in [5.74, 6) is -2.18. The number of nitrogens with one attached hydrogen (secondary N) is 2. The highest BCUT2D eigenvalue weighted by Gasteiger charge is 2.29. The molecule has 0 aliphatic heterocycles. The fourth-order valence-electron chi connectivity index (χ4n) is 3.94. The Bertz CT molecular complexity index is 1150. The highest BCUT2D eigenvalue weighted by molar-refractivity contribution is 5.93. The molecular weight excluding hydrogens is 494 g/mol. The molecule has 1 amide bonds. The summed E-state index contributed by atoms with van der Waals surface area (Å²) < 4.78 is 5.96. The average molecular weight is 534 g/mol. The predicted octanol–water partition coefficient (Wildman–Crippen LogP) is 1.71. The van der Waals surface area contributed by atoms with Crippen molar-refractivity contribution in [3.63, 3.8) is 0 Å². The maximum atomic E-state index is 13.3. The van der Waals surface area contributed by atoms with Crippen LogP contribution in [0.1, 0.15) is 76.0 Å². The number of rotatable bonds is 17. The largest absolute Gasteiger partial charge is 0.481 e. The maximum Gasteiger partial charge on any atom is 0.305 e. The van der Waals surface area contributed by atoms with Gasteiger partial charge in [0.2, 0.25) is 5.91 Å². The molecule has 2 aromatic rings. The average Bonchev–Trinajstić information content (AvgIpc) is 3.28. The lowest BCUT2D eigenvalue weighted by Gasteiger charge is -2.24. The zero-order valence-corrected chi connectivity index (χ0v) is 22.8. The molecule has 0 bridgehead atoms. The Labute approximate surface area is 222 Å². The summed E-state index contributed by atoms with van der Waals surface area (Å²) in [6.45, 7) is 8.25. The summed E-state index contributed by atoms with van der Waals surface area (Å²) in [5.41, 5.74) is 1.12. The van der Waals surface area contributed by atoms with E-state index in [2.05, 4.69) is 37.5 Å². The number of aromatic nitrogens is 4. The first-order valence-electron chi connectivity index (χ1n) is 13.0. The molecule has 0 spiro atoms. The van der Waals surface area contributed by atoms with Crippen molar-refractivity contribution in [3.05, 3.63) is 33.6 Å². The van der Waals surface area contributed by atoms with Crippen LogP contribution in [0.2, 0.25) is 0 Å². The molecule has 13 nitrogen and oxygen atoms in total. The lowest BCUT2D eigenvalue weighted by atomic mass is 10.1. The lowest BCUT2D eigenvalue weighted by Crippen LogP contribution is -2.49. The van der Waals surface area contributed by atoms with Gasteiger partial charge in [-0.05, 0) is 39.8 Å². The molecule has 0 aliphatic carbocycles.